The Morgan fingerprint density at radius 1 is 1.35 bits per heavy atom. The molecule has 0 unspecified atom stereocenters. The lowest BCUT2D eigenvalue weighted by Gasteiger charge is -2.43. The van der Waals surface area contributed by atoms with Gasteiger partial charge in [-0.05, 0) is 67.6 Å². The number of nitrogens with one attached hydrogen (secondary N) is 2. The molecule has 0 spiro atoms. The van der Waals surface area contributed by atoms with Gasteiger partial charge in [0.05, 0.1) is 16.6 Å². The molecule has 34 heavy (non-hydrogen) atoms. The van der Waals surface area contributed by atoms with Crippen LogP contribution in [-0.2, 0) is 4.74 Å². The maximum atomic E-state index is 14.8. The molecule has 2 saturated heterocycles. The van der Waals surface area contributed by atoms with E-state index < -0.39 is 23.1 Å². The van der Waals surface area contributed by atoms with Gasteiger partial charge in [-0.15, -0.1) is 0 Å². The largest absolute Gasteiger partial charge is 0.486 e. The molecule has 2 fully saturated rings. The topological polar surface area (TPSA) is 96.5 Å². The van der Waals surface area contributed by atoms with E-state index >= 15 is 0 Å². The first-order chi connectivity index (χ1) is 15.9. The zero-order valence-electron chi connectivity index (χ0n) is 19.2. The van der Waals surface area contributed by atoms with Crippen LogP contribution in [0.25, 0.3) is 10.9 Å². The number of H-pyrrole nitrogens is 1. The average molecular weight is 580 g/mol. The Morgan fingerprint density at radius 2 is 2.06 bits per heavy atom. The summed E-state index contributed by atoms with van der Waals surface area (Å²) >= 11 is 15.4. The molecule has 4 atom stereocenters. The summed E-state index contributed by atoms with van der Waals surface area (Å²) < 4.78 is 26.7. The van der Waals surface area contributed by atoms with Crippen molar-refractivity contribution in [3.8, 4) is 5.75 Å². The molecule has 0 aliphatic carbocycles. The van der Waals surface area contributed by atoms with E-state index in [0.29, 0.717) is 13.0 Å². The number of rotatable bonds is 4. The summed E-state index contributed by atoms with van der Waals surface area (Å²) in [6.07, 6.45) is 1.32. The van der Waals surface area contributed by atoms with Crippen LogP contribution in [0.3, 0.4) is 0 Å². The van der Waals surface area contributed by atoms with Crippen LogP contribution < -0.4 is 15.6 Å². The van der Waals surface area contributed by atoms with Gasteiger partial charge >= 0.3 is 6.09 Å². The van der Waals surface area contributed by atoms with Gasteiger partial charge in [0.15, 0.2) is 11.6 Å². The van der Waals surface area contributed by atoms with Crippen molar-refractivity contribution in [1.82, 2.24) is 20.2 Å². The fraction of sp³-hybridized carbons (Fsp3) is 0.591. The van der Waals surface area contributed by atoms with Crippen LogP contribution >= 0.6 is 39.1 Å². The minimum Gasteiger partial charge on any atom is -0.486 e. The van der Waals surface area contributed by atoms with Crippen molar-refractivity contribution >= 4 is 56.1 Å². The van der Waals surface area contributed by atoms with Crippen molar-refractivity contribution in [2.24, 2.45) is 0 Å². The SMILES string of the molecule is CC[C@H](Oc1c(Cl)c(Br)c(F)c2nc(Cl)[nH]c(=O)c12)[C@H]1NC[C@H]2CC[C@@H]1N2C(=O)OC(C)(C)C. The average Bonchev–Trinajstić information content (AvgIpc) is 3.05. The maximum absolute atomic E-state index is 14.8. The van der Waals surface area contributed by atoms with Gasteiger partial charge in [-0.1, -0.05) is 18.5 Å². The number of aromatic nitrogens is 2. The molecule has 1 aromatic carbocycles. The van der Waals surface area contributed by atoms with E-state index in [2.05, 4.69) is 31.2 Å². The van der Waals surface area contributed by atoms with Gasteiger partial charge in [0.2, 0.25) is 5.28 Å². The van der Waals surface area contributed by atoms with E-state index in [1.54, 1.807) is 4.90 Å². The van der Waals surface area contributed by atoms with E-state index in [1.807, 2.05) is 27.7 Å². The molecule has 1 aromatic heterocycles. The molecule has 4 rings (SSSR count). The van der Waals surface area contributed by atoms with Crippen LogP contribution in [0.1, 0.15) is 47.0 Å². The van der Waals surface area contributed by atoms with E-state index in [-0.39, 0.29) is 55.7 Å². The molecular formula is C22H26BrCl2FN4O4. The highest BCUT2D eigenvalue weighted by atomic mass is 79.9. The minimum atomic E-state index is -0.807. The highest BCUT2D eigenvalue weighted by Crippen LogP contribution is 2.42. The number of ether oxygens (including phenoxy) is 2. The predicted octanol–water partition coefficient (Wildman–Crippen LogP) is 5.03. The summed E-state index contributed by atoms with van der Waals surface area (Å²) in [5.41, 5.74) is -1.52. The third-order valence-electron chi connectivity index (χ3n) is 6.14. The maximum Gasteiger partial charge on any atom is 0.410 e. The third kappa shape index (κ3) is 4.62. The first-order valence-corrected chi connectivity index (χ1v) is 12.6. The Morgan fingerprint density at radius 3 is 2.71 bits per heavy atom. The fourth-order valence-corrected chi connectivity index (χ4v) is 5.51. The molecule has 3 heterocycles. The first kappa shape index (κ1) is 25.5. The van der Waals surface area contributed by atoms with E-state index in [1.165, 1.54) is 0 Å². The van der Waals surface area contributed by atoms with Gasteiger partial charge in [-0.2, -0.15) is 0 Å². The van der Waals surface area contributed by atoms with Gasteiger partial charge < -0.3 is 14.8 Å². The Hall–Kier alpha value is -1.62. The summed E-state index contributed by atoms with van der Waals surface area (Å²) in [5.74, 6) is -0.799. The highest BCUT2D eigenvalue weighted by Gasteiger charge is 2.49. The molecular weight excluding hydrogens is 554 g/mol. The standard InChI is InChI=1S/C22H26BrCl2FN4O4/c1-5-11(16-10-7-6-9(8-27-16)30(10)21(32)34-22(2,3)4)33-18-12-17(15(26)13(23)14(18)24)28-20(25)29-19(12)31/h9-11,16,27H,5-8H2,1-4H3,(H,28,29,31)/t9-,10+,11+,16+/m1/s1. The molecule has 12 heteroatoms. The summed E-state index contributed by atoms with van der Waals surface area (Å²) in [6, 6.07) is -0.393. The number of carbonyl (C=O) groups is 1. The summed E-state index contributed by atoms with van der Waals surface area (Å²) in [5, 5.41) is 3.04. The fourth-order valence-electron chi connectivity index (χ4n) is 4.75. The zero-order valence-corrected chi connectivity index (χ0v) is 22.3. The van der Waals surface area contributed by atoms with Gasteiger partial charge in [0, 0.05) is 12.6 Å². The normalized spacial score (nSPS) is 23.3. The monoisotopic (exact) mass is 578 g/mol. The number of hydrogen-bond acceptors (Lipinski definition) is 6. The summed E-state index contributed by atoms with van der Waals surface area (Å²) in [6.45, 7) is 8.02. The van der Waals surface area contributed by atoms with E-state index in [9.17, 15) is 14.0 Å². The van der Waals surface area contributed by atoms with Gasteiger partial charge in [-0.3, -0.25) is 14.7 Å². The second-order valence-electron chi connectivity index (χ2n) is 9.54. The number of fused-ring (bicyclic) bond motifs is 3. The lowest BCUT2D eigenvalue weighted by atomic mass is 9.97. The van der Waals surface area contributed by atoms with Crippen molar-refractivity contribution in [1.29, 1.82) is 0 Å². The molecule has 186 valence electrons. The Balaban J connectivity index is 1.71. The Kier molecular flexibility index (Phi) is 7.07. The molecule has 1 amide bonds. The number of nitrogens with zero attached hydrogens (tertiary/aromatic N) is 2. The van der Waals surface area contributed by atoms with Crippen LogP contribution in [0.15, 0.2) is 9.27 Å². The summed E-state index contributed by atoms with van der Waals surface area (Å²) in [7, 11) is 0. The lowest BCUT2D eigenvalue weighted by molar-refractivity contribution is -0.00661. The van der Waals surface area contributed by atoms with Gasteiger partial charge in [0.1, 0.15) is 27.6 Å². The second kappa shape index (κ2) is 9.44. The van der Waals surface area contributed by atoms with Gasteiger partial charge in [0.25, 0.3) is 5.56 Å². The number of benzene rings is 1. The Labute approximate surface area is 214 Å². The van der Waals surface area contributed by atoms with Crippen LogP contribution in [0.2, 0.25) is 10.3 Å². The van der Waals surface area contributed by atoms with Crippen LogP contribution in [-0.4, -0.2) is 57.3 Å². The zero-order chi connectivity index (χ0) is 24.9. The highest BCUT2D eigenvalue weighted by molar-refractivity contribution is 9.10. The Bertz CT molecular complexity index is 1190. The molecule has 2 aliphatic heterocycles. The van der Waals surface area contributed by atoms with Gasteiger partial charge in [-0.25, -0.2) is 14.2 Å². The number of hydrogen-bond donors (Lipinski definition) is 2. The predicted molar refractivity (Wildman–Crippen MR) is 131 cm³/mol. The molecule has 2 aliphatic rings. The van der Waals surface area contributed by atoms with Crippen LogP contribution in [0.5, 0.6) is 5.75 Å². The molecule has 0 saturated carbocycles. The third-order valence-corrected chi connectivity index (χ3v) is 7.65. The number of piperazine rings is 1. The number of carbonyl (C=O) groups excluding carboxylic acids is 1. The van der Waals surface area contributed by atoms with Crippen molar-refractivity contribution in [2.75, 3.05) is 6.54 Å². The number of amides is 1. The van der Waals surface area contributed by atoms with Crippen LogP contribution in [0.4, 0.5) is 9.18 Å². The van der Waals surface area contributed by atoms with E-state index in [0.717, 1.165) is 12.8 Å². The number of aromatic amines is 1. The quantitative estimate of drug-likeness (QED) is 0.389. The van der Waals surface area contributed by atoms with Crippen molar-refractivity contribution < 1.29 is 18.7 Å². The number of halogens is 4. The van der Waals surface area contributed by atoms with Crippen molar-refractivity contribution in [3.05, 3.63) is 30.9 Å². The van der Waals surface area contributed by atoms with Crippen molar-refractivity contribution in [3.63, 3.8) is 0 Å². The molecule has 0 radical (unpaired) electrons. The smallest absolute Gasteiger partial charge is 0.410 e. The molecule has 8 nitrogen and oxygen atoms in total. The summed E-state index contributed by atoms with van der Waals surface area (Å²) in [4.78, 5) is 33.8. The first-order valence-electron chi connectivity index (χ1n) is 11.1. The second-order valence-corrected chi connectivity index (χ2v) is 11.1. The van der Waals surface area contributed by atoms with Crippen LogP contribution in [0, 0.1) is 5.82 Å². The minimum absolute atomic E-state index is 0.00736. The molecule has 2 N–H and O–H groups in total. The van der Waals surface area contributed by atoms with Crippen molar-refractivity contribution in [2.45, 2.75) is 76.8 Å². The lowest BCUT2D eigenvalue weighted by Crippen LogP contribution is -2.64. The molecule has 2 aromatic rings. The van der Waals surface area contributed by atoms with E-state index in [4.69, 9.17) is 32.7 Å². The molecule has 2 bridgehead atoms.